The minimum atomic E-state index is -4.65. The number of rotatable bonds is 2. The van der Waals surface area contributed by atoms with Crippen molar-refractivity contribution < 1.29 is 22.7 Å². The quantitative estimate of drug-likeness (QED) is 0.844. The first-order chi connectivity index (χ1) is 8.56. The molecule has 0 bridgehead atoms. The van der Waals surface area contributed by atoms with E-state index in [2.05, 4.69) is 0 Å². The Bertz CT molecular complexity index is 476. The number of ether oxygens (including phenoxy) is 1. The molecule has 3 nitrogen and oxygen atoms in total. The molecule has 106 valence electrons. The van der Waals surface area contributed by atoms with Gasteiger partial charge in [-0.15, -0.1) is 0 Å². The van der Waals surface area contributed by atoms with Crippen molar-refractivity contribution in [3.63, 3.8) is 0 Å². The predicted octanol–water partition coefficient (Wildman–Crippen LogP) is 3.12. The molecule has 1 rings (SSSR count). The summed E-state index contributed by atoms with van der Waals surface area (Å²) in [4.78, 5) is 11.8. The molecule has 6 heteroatoms. The van der Waals surface area contributed by atoms with Crippen LogP contribution in [-0.2, 0) is 17.5 Å². The molecule has 0 unspecified atom stereocenters. The van der Waals surface area contributed by atoms with Gasteiger partial charge >= 0.3 is 12.1 Å². The Balaban J connectivity index is 3.32. The lowest BCUT2D eigenvalue weighted by Gasteiger charge is -2.22. The smallest absolute Gasteiger partial charge is 0.417 e. The standard InChI is InChI=1S/C13H16F3NO2/c1-12(2,3)19-11(18)9-6-4-5-8(7-17)10(9)13(14,15)16/h4-6H,7,17H2,1-3H3. The number of carbonyl (C=O) groups excluding carboxylic acids is 1. The molecule has 19 heavy (non-hydrogen) atoms. The first-order valence-electron chi connectivity index (χ1n) is 5.69. The number of alkyl halides is 3. The summed E-state index contributed by atoms with van der Waals surface area (Å²) in [7, 11) is 0. The first kappa shape index (κ1) is 15.5. The van der Waals surface area contributed by atoms with Gasteiger partial charge in [0, 0.05) is 6.54 Å². The van der Waals surface area contributed by atoms with Gasteiger partial charge in [0.15, 0.2) is 0 Å². The third-order valence-electron chi connectivity index (χ3n) is 2.27. The van der Waals surface area contributed by atoms with Crippen LogP contribution in [0.2, 0.25) is 0 Å². The molecule has 0 spiro atoms. The molecule has 0 atom stereocenters. The van der Waals surface area contributed by atoms with E-state index in [1.807, 2.05) is 0 Å². The number of hydrogen-bond acceptors (Lipinski definition) is 3. The topological polar surface area (TPSA) is 52.3 Å². The van der Waals surface area contributed by atoms with Gasteiger partial charge in [0.05, 0.1) is 11.1 Å². The van der Waals surface area contributed by atoms with Crippen LogP contribution in [0.1, 0.15) is 42.3 Å². The second kappa shape index (κ2) is 5.21. The van der Waals surface area contributed by atoms with Crippen molar-refractivity contribution in [2.45, 2.75) is 39.1 Å². The van der Waals surface area contributed by atoms with E-state index in [0.717, 1.165) is 6.07 Å². The van der Waals surface area contributed by atoms with Gasteiger partial charge in [-0.3, -0.25) is 0 Å². The molecular formula is C13H16F3NO2. The van der Waals surface area contributed by atoms with E-state index in [1.54, 1.807) is 20.8 Å². The summed E-state index contributed by atoms with van der Waals surface area (Å²) in [5.74, 6) is -1.00. The summed E-state index contributed by atoms with van der Waals surface area (Å²) in [5, 5.41) is 0. The largest absolute Gasteiger partial charge is 0.456 e. The van der Waals surface area contributed by atoms with Crippen molar-refractivity contribution in [3.05, 3.63) is 34.9 Å². The van der Waals surface area contributed by atoms with Crippen molar-refractivity contribution in [2.75, 3.05) is 0 Å². The molecule has 0 saturated carbocycles. The van der Waals surface area contributed by atoms with E-state index in [-0.39, 0.29) is 12.1 Å². The van der Waals surface area contributed by atoms with E-state index < -0.39 is 28.9 Å². The monoisotopic (exact) mass is 275 g/mol. The highest BCUT2D eigenvalue weighted by atomic mass is 19.4. The van der Waals surface area contributed by atoms with Gasteiger partial charge in [0.25, 0.3) is 0 Å². The highest BCUT2D eigenvalue weighted by Crippen LogP contribution is 2.35. The average Bonchev–Trinajstić information content (AvgIpc) is 2.24. The van der Waals surface area contributed by atoms with Crippen LogP contribution in [0.4, 0.5) is 13.2 Å². The predicted molar refractivity (Wildman–Crippen MR) is 64.5 cm³/mol. The van der Waals surface area contributed by atoms with E-state index >= 15 is 0 Å². The Morgan fingerprint density at radius 2 is 1.84 bits per heavy atom. The summed E-state index contributed by atoms with van der Waals surface area (Å²) in [6.45, 7) is 4.46. The van der Waals surface area contributed by atoms with E-state index in [0.29, 0.717) is 0 Å². The van der Waals surface area contributed by atoms with Crippen LogP contribution in [0.15, 0.2) is 18.2 Å². The normalized spacial score (nSPS) is 12.4. The van der Waals surface area contributed by atoms with Gasteiger partial charge in [0.2, 0.25) is 0 Å². The Kier molecular flexibility index (Phi) is 4.25. The molecule has 0 heterocycles. The van der Waals surface area contributed by atoms with Gasteiger partial charge in [-0.05, 0) is 32.4 Å². The van der Waals surface area contributed by atoms with Crippen LogP contribution >= 0.6 is 0 Å². The summed E-state index contributed by atoms with van der Waals surface area (Å²) in [6.07, 6.45) is -4.65. The molecule has 0 aliphatic carbocycles. The first-order valence-corrected chi connectivity index (χ1v) is 5.69. The summed E-state index contributed by atoms with van der Waals surface area (Å²) >= 11 is 0. The second-order valence-electron chi connectivity index (χ2n) is 5.04. The molecule has 0 aromatic heterocycles. The lowest BCUT2D eigenvalue weighted by molar-refractivity contribution is -0.138. The number of esters is 1. The lowest BCUT2D eigenvalue weighted by Crippen LogP contribution is -2.26. The van der Waals surface area contributed by atoms with Crippen molar-refractivity contribution in [2.24, 2.45) is 5.73 Å². The highest BCUT2D eigenvalue weighted by Gasteiger charge is 2.38. The van der Waals surface area contributed by atoms with E-state index in [1.165, 1.54) is 12.1 Å². The zero-order valence-corrected chi connectivity index (χ0v) is 11.0. The van der Waals surface area contributed by atoms with Gasteiger partial charge in [-0.2, -0.15) is 13.2 Å². The Morgan fingerprint density at radius 1 is 1.26 bits per heavy atom. The average molecular weight is 275 g/mol. The maximum atomic E-state index is 13.0. The maximum absolute atomic E-state index is 13.0. The summed E-state index contributed by atoms with van der Waals surface area (Å²) in [6, 6.07) is 3.70. The minimum absolute atomic E-state index is 0.129. The number of benzene rings is 1. The molecule has 0 fully saturated rings. The fourth-order valence-corrected chi connectivity index (χ4v) is 1.61. The lowest BCUT2D eigenvalue weighted by atomic mass is 10.00. The van der Waals surface area contributed by atoms with Crippen LogP contribution < -0.4 is 5.73 Å². The number of halogens is 3. The summed E-state index contributed by atoms with van der Waals surface area (Å²) < 4.78 is 44.1. The fourth-order valence-electron chi connectivity index (χ4n) is 1.61. The van der Waals surface area contributed by atoms with Crippen molar-refractivity contribution in [3.8, 4) is 0 Å². The van der Waals surface area contributed by atoms with Crippen LogP contribution in [-0.4, -0.2) is 11.6 Å². The zero-order valence-electron chi connectivity index (χ0n) is 11.0. The van der Waals surface area contributed by atoms with Gasteiger partial charge in [-0.25, -0.2) is 4.79 Å². The van der Waals surface area contributed by atoms with Gasteiger partial charge < -0.3 is 10.5 Å². The molecule has 1 aromatic carbocycles. The Morgan fingerprint density at radius 3 is 2.26 bits per heavy atom. The molecule has 0 radical (unpaired) electrons. The molecular weight excluding hydrogens is 259 g/mol. The van der Waals surface area contributed by atoms with Crippen molar-refractivity contribution >= 4 is 5.97 Å². The van der Waals surface area contributed by atoms with Crippen LogP contribution in [0.25, 0.3) is 0 Å². The van der Waals surface area contributed by atoms with Crippen LogP contribution in [0.5, 0.6) is 0 Å². The Labute approximate surface area is 109 Å². The maximum Gasteiger partial charge on any atom is 0.417 e. The molecule has 0 saturated heterocycles. The zero-order chi connectivity index (χ0) is 14.8. The molecule has 0 aliphatic rings. The number of hydrogen-bond donors (Lipinski definition) is 1. The highest BCUT2D eigenvalue weighted by molar-refractivity contribution is 5.92. The third-order valence-corrected chi connectivity index (χ3v) is 2.27. The van der Waals surface area contributed by atoms with Gasteiger partial charge in [0.1, 0.15) is 5.60 Å². The van der Waals surface area contributed by atoms with Gasteiger partial charge in [-0.1, -0.05) is 12.1 Å². The van der Waals surface area contributed by atoms with Crippen LogP contribution in [0, 0.1) is 0 Å². The number of carbonyl (C=O) groups is 1. The van der Waals surface area contributed by atoms with E-state index in [9.17, 15) is 18.0 Å². The molecule has 0 aliphatic heterocycles. The molecule has 1 aromatic rings. The minimum Gasteiger partial charge on any atom is -0.456 e. The van der Waals surface area contributed by atoms with Crippen molar-refractivity contribution in [1.29, 1.82) is 0 Å². The number of nitrogens with two attached hydrogens (primary N) is 1. The van der Waals surface area contributed by atoms with Crippen LogP contribution in [0.3, 0.4) is 0 Å². The molecule has 2 N–H and O–H groups in total. The Hall–Kier alpha value is -1.56. The second-order valence-corrected chi connectivity index (χ2v) is 5.04. The fraction of sp³-hybridized carbons (Fsp3) is 0.462. The van der Waals surface area contributed by atoms with E-state index in [4.69, 9.17) is 10.5 Å². The SMILES string of the molecule is CC(C)(C)OC(=O)c1cccc(CN)c1C(F)(F)F. The molecule has 0 amide bonds. The summed E-state index contributed by atoms with van der Waals surface area (Å²) in [5.41, 5.74) is 2.77. The third kappa shape index (κ3) is 3.96. The van der Waals surface area contributed by atoms with Crippen molar-refractivity contribution in [1.82, 2.24) is 0 Å².